The first kappa shape index (κ1) is 12.8. The van der Waals surface area contributed by atoms with Crippen LogP contribution in [0.25, 0.3) is 10.9 Å². The molecule has 0 amide bonds. The van der Waals surface area contributed by atoms with E-state index in [1.807, 2.05) is 24.3 Å². The molecule has 0 aliphatic rings. The third kappa shape index (κ3) is 1.99. The van der Waals surface area contributed by atoms with Gasteiger partial charge in [0.15, 0.2) is 0 Å². The van der Waals surface area contributed by atoms with Crippen molar-refractivity contribution < 1.29 is 35.7 Å². The molecule has 0 bridgehead atoms. The van der Waals surface area contributed by atoms with Crippen molar-refractivity contribution in [1.82, 2.24) is 4.98 Å². The Hall–Kier alpha value is -1.25. The topological polar surface area (TPSA) is 62.3 Å². The number of ether oxygens (including phenoxy) is 1. The van der Waals surface area contributed by atoms with Gasteiger partial charge in [-0.15, -0.1) is 17.0 Å². The maximum atomic E-state index is 11.4. The van der Waals surface area contributed by atoms with E-state index >= 15 is 0 Å². The summed E-state index contributed by atoms with van der Waals surface area (Å²) in [6, 6.07) is 7.33. The van der Waals surface area contributed by atoms with Gasteiger partial charge in [0.05, 0.1) is 7.11 Å². The van der Waals surface area contributed by atoms with Crippen LogP contribution < -0.4 is 0 Å². The van der Waals surface area contributed by atoms with Crippen molar-refractivity contribution in [2.45, 2.75) is 0 Å². The van der Waals surface area contributed by atoms with Crippen LogP contribution in [0, 0.1) is 6.61 Å². The molecule has 0 aliphatic carbocycles. The molecule has 2 N–H and O–H groups in total. The second kappa shape index (κ2) is 5.19. The predicted molar refractivity (Wildman–Crippen MR) is 55.0 cm³/mol. The Kier molecular flexibility index (Phi) is 4.16. The minimum Gasteiger partial charge on any atom is -0.474 e. The van der Waals surface area contributed by atoms with Gasteiger partial charge in [-0.25, -0.2) is 0 Å². The van der Waals surface area contributed by atoms with Gasteiger partial charge in [-0.1, -0.05) is 24.8 Å². The average Bonchev–Trinajstić information content (AvgIpc) is 2.66. The van der Waals surface area contributed by atoms with Crippen LogP contribution in [-0.4, -0.2) is 23.2 Å². The van der Waals surface area contributed by atoms with Crippen molar-refractivity contribution in [3.63, 3.8) is 0 Å². The Morgan fingerprint density at radius 1 is 1.44 bits per heavy atom. The van der Waals surface area contributed by atoms with E-state index in [2.05, 4.69) is 9.72 Å². The number of aliphatic hydroxyl groups is 1. The zero-order valence-electron chi connectivity index (χ0n) is 8.56. The van der Waals surface area contributed by atoms with E-state index in [1.54, 1.807) is 0 Å². The van der Waals surface area contributed by atoms with Gasteiger partial charge in [0.2, 0.25) is 0 Å². The molecule has 0 aliphatic heterocycles. The quantitative estimate of drug-likeness (QED) is 0.610. The van der Waals surface area contributed by atoms with E-state index in [0.29, 0.717) is 5.56 Å². The maximum absolute atomic E-state index is 11.4. The van der Waals surface area contributed by atoms with Crippen LogP contribution in [-0.2, 0) is 25.8 Å². The third-order valence-electron chi connectivity index (χ3n) is 2.26. The van der Waals surface area contributed by atoms with Gasteiger partial charge in [0.1, 0.15) is 0 Å². The summed E-state index contributed by atoms with van der Waals surface area (Å²) >= 11 is 0. The number of aromatic nitrogens is 1. The Bertz CT molecular complexity index is 507. The molecule has 84 valence electrons. The fourth-order valence-corrected chi connectivity index (χ4v) is 1.56. The van der Waals surface area contributed by atoms with Crippen LogP contribution in [0.2, 0.25) is 0 Å². The van der Waals surface area contributed by atoms with E-state index in [0.717, 1.165) is 17.5 Å². The minimum absolute atomic E-state index is 0. The summed E-state index contributed by atoms with van der Waals surface area (Å²) in [5.41, 5.74) is 1.51. The van der Waals surface area contributed by atoms with Crippen molar-refractivity contribution in [3.05, 3.63) is 42.1 Å². The molecule has 0 radical (unpaired) electrons. The average molecular weight is 388 g/mol. The summed E-state index contributed by atoms with van der Waals surface area (Å²) in [6.07, 6.45) is 0. The smallest absolute Gasteiger partial charge is 0.297 e. The first-order chi connectivity index (χ1) is 7.27. The number of hydrogen-bond donors (Lipinski definition) is 2. The second-order valence-corrected chi connectivity index (χ2v) is 3.08. The van der Waals surface area contributed by atoms with E-state index in [-0.39, 0.29) is 26.8 Å². The molecular weight excluding hydrogens is 378 g/mol. The summed E-state index contributed by atoms with van der Waals surface area (Å²) in [7, 11) is 1.30. The fourth-order valence-electron chi connectivity index (χ4n) is 1.56. The number of aliphatic hydroxyl groups excluding tert-OH is 1. The van der Waals surface area contributed by atoms with Crippen molar-refractivity contribution in [2.75, 3.05) is 7.11 Å². The summed E-state index contributed by atoms with van der Waals surface area (Å²) in [4.78, 5) is 14.3. The number of carbonyl (C=O) groups is 1. The number of rotatable bonds is 2. The van der Waals surface area contributed by atoms with Crippen LogP contribution in [0.1, 0.15) is 16.1 Å². The standard InChI is InChI=1S/C11H10NO3.W/c1-15-11(14)10-8(6-13)7-4-2-3-5-9(7)12-10;/h2-6,12-13H,1H3;/q-1;. The van der Waals surface area contributed by atoms with Crippen LogP contribution in [0.3, 0.4) is 0 Å². The molecule has 0 saturated heterocycles. The molecule has 0 saturated carbocycles. The molecule has 0 unspecified atom stereocenters. The van der Waals surface area contributed by atoms with Crippen molar-refractivity contribution in [2.24, 2.45) is 0 Å². The number of nitrogens with one attached hydrogen (secondary N) is 1. The van der Waals surface area contributed by atoms with Gasteiger partial charge in [0, 0.05) is 26.8 Å². The van der Waals surface area contributed by atoms with Crippen molar-refractivity contribution in [3.8, 4) is 0 Å². The monoisotopic (exact) mass is 388 g/mol. The van der Waals surface area contributed by atoms with Crippen LogP contribution in [0.5, 0.6) is 0 Å². The molecule has 2 rings (SSSR count). The van der Waals surface area contributed by atoms with Crippen molar-refractivity contribution in [1.29, 1.82) is 0 Å². The number of hydrogen-bond acceptors (Lipinski definition) is 3. The fraction of sp³-hybridized carbons (Fsp3) is 0.0909. The number of benzene rings is 1. The van der Waals surface area contributed by atoms with E-state index < -0.39 is 5.97 Å². The third-order valence-corrected chi connectivity index (χ3v) is 2.26. The summed E-state index contributed by atoms with van der Waals surface area (Å²) < 4.78 is 4.61. The summed E-state index contributed by atoms with van der Waals surface area (Å²) in [6.45, 7) is 0.908. The van der Waals surface area contributed by atoms with Crippen LogP contribution in [0.15, 0.2) is 24.3 Å². The minimum atomic E-state index is -0.494. The van der Waals surface area contributed by atoms with Gasteiger partial charge >= 0.3 is 0 Å². The molecule has 16 heavy (non-hydrogen) atoms. The normalized spacial score (nSPS) is 9.62. The molecule has 1 aromatic heterocycles. The Morgan fingerprint density at radius 3 is 2.75 bits per heavy atom. The number of esters is 1. The first-order valence-electron chi connectivity index (χ1n) is 4.44. The van der Waals surface area contributed by atoms with E-state index in [9.17, 15) is 4.79 Å². The number of para-hydroxylation sites is 1. The second-order valence-electron chi connectivity index (χ2n) is 3.08. The molecule has 5 heteroatoms. The van der Waals surface area contributed by atoms with Gasteiger partial charge < -0.3 is 14.8 Å². The van der Waals surface area contributed by atoms with Gasteiger partial charge in [-0.05, 0) is 5.52 Å². The number of carbonyl (C=O) groups excluding carboxylic acids is 1. The molecular formula is C11H10NO3W-. The van der Waals surface area contributed by atoms with E-state index in [1.165, 1.54) is 7.11 Å². The maximum Gasteiger partial charge on any atom is 0.297 e. The zero-order chi connectivity index (χ0) is 10.8. The van der Waals surface area contributed by atoms with Crippen molar-refractivity contribution >= 4 is 16.9 Å². The molecule has 0 atom stereocenters. The van der Waals surface area contributed by atoms with Gasteiger partial charge in [-0.3, -0.25) is 4.79 Å². The molecule has 0 fully saturated rings. The zero-order valence-corrected chi connectivity index (χ0v) is 11.5. The molecule has 2 aromatic rings. The number of aromatic amines is 1. The Labute approximate surface area is 107 Å². The molecule has 1 aromatic carbocycles. The van der Waals surface area contributed by atoms with Crippen LogP contribution in [0.4, 0.5) is 0 Å². The van der Waals surface area contributed by atoms with Gasteiger partial charge in [-0.2, -0.15) is 0 Å². The van der Waals surface area contributed by atoms with Gasteiger partial charge in [0.25, 0.3) is 5.97 Å². The first-order valence-corrected chi connectivity index (χ1v) is 4.44. The van der Waals surface area contributed by atoms with Crippen LogP contribution >= 0.6 is 0 Å². The predicted octanol–water partition coefficient (Wildman–Crippen LogP) is 1.83. The Morgan fingerprint density at radius 2 is 2.12 bits per heavy atom. The Balaban J connectivity index is 0.00000128. The van der Waals surface area contributed by atoms with E-state index in [4.69, 9.17) is 5.11 Å². The molecule has 0 spiro atoms. The summed E-state index contributed by atoms with van der Waals surface area (Å²) in [5.74, 6) is -0.494. The molecule has 4 nitrogen and oxygen atoms in total. The summed E-state index contributed by atoms with van der Waals surface area (Å²) in [5, 5.41) is 9.89. The SMILES string of the molecule is COC(=O)c1[nH]c2ccccc2c1[CH-]O.[W]. The number of H-pyrrole nitrogens is 1. The molecule has 1 heterocycles. The number of methoxy groups -OCH3 is 1. The largest absolute Gasteiger partial charge is 0.474 e. The number of fused-ring (bicyclic) bond motifs is 1.